The first-order valence-electron chi connectivity index (χ1n) is 12.9. The first kappa shape index (κ1) is 27.0. The molecule has 0 unspecified atom stereocenters. The van der Waals surface area contributed by atoms with Crippen LogP contribution < -0.4 is 10.5 Å². The van der Waals surface area contributed by atoms with Crippen molar-refractivity contribution < 1.29 is 13.2 Å². The van der Waals surface area contributed by atoms with Crippen LogP contribution in [0.15, 0.2) is 89.7 Å². The Hall–Kier alpha value is -3.62. The van der Waals surface area contributed by atoms with Gasteiger partial charge < -0.3 is 4.90 Å². The average molecular weight is 553 g/mol. The molecule has 2 heterocycles. The van der Waals surface area contributed by atoms with Crippen LogP contribution in [0, 0.1) is 0 Å². The lowest BCUT2D eigenvalue weighted by Gasteiger charge is -2.36. The van der Waals surface area contributed by atoms with Gasteiger partial charge in [0, 0.05) is 55.5 Å². The standard InChI is InChI=1S/C30H28ClF3N4O/c31-25-12-10-23(11-13-25)28-21-27(22-6-2-1-3-7-22)29(39)38(35-28)15-5-14-36-16-18-37(19-17-36)26-9-4-8-24(20-26)30(32,33)34/h1-4,6-13,20-21H,5,14-19H2. The van der Waals surface area contributed by atoms with Crippen LogP contribution in [0.25, 0.3) is 22.4 Å². The fraction of sp³-hybridized carbons (Fsp3) is 0.267. The molecule has 0 aliphatic carbocycles. The summed E-state index contributed by atoms with van der Waals surface area (Å²) < 4.78 is 40.8. The zero-order valence-electron chi connectivity index (χ0n) is 21.2. The van der Waals surface area contributed by atoms with Crippen LogP contribution >= 0.6 is 11.6 Å². The highest BCUT2D eigenvalue weighted by Crippen LogP contribution is 2.32. The van der Waals surface area contributed by atoms with Crippen molar-refractivity contribution >= 4 is 17.3 Å². The Bertz CT molecular complexity index is 1460. The van der Waals surface area contributed by atoms with Gasteiger partial charge in [0.2, 0.25) is 0 Å². The molecule has 0 saturated carbocycles. The van der Waals surface area contributed by atoms with Gasteiger partial charge >= 0.3 is 6.18 Å². The third-order valence-corrected chi connectivity index (χ3v) is 7.21. The number of aryl methyl sites for hydroxylation is 1. The second-order valence-electron chi connectivity index (χ2n) is 9.57. The van der Waals surface area contributed by atoms with Crippen molar-refractivity contribution in [1.29, 1.82) is 0 Å². The van der Waals surface area contributed by atoms with Gasteiger partial charge in [-0.05, 0) is 48.4 Å². The summed E-state index contributed by atoms with van der Waals surface area (Å²) in [4.78, 5) is 17.6. The summed E-state index contributed by atoms with van der Waals surface area (Å²) in [6, 6.07) is 24.2. The molecule has 0 atom stereocenters. The van der Waals surface area contributed by atoms with Crippen LogP contribution in [0.4, 0.5) is 18.9 Å². The molecular weight excluding hydrogens is 525 g/mol. The lowest BCUT2D eigenvalue weighted by atomic mass is 10.0. The quantitative estimate of drug-likeness (QED) is 0.264. The lowest BCUT2D eigenvalue weighted by Crippen LogP contribution is -2.46. The highest BCUT2D eigenvalue weighted by atomic mass is 35.5. The highest BCUT2D eigenvalue weighted by Gasteiger charge is 2.31. The van der Waals surface area contributed by atoms with Gasteiger partial charge in [0.15, 0.2) is 0 Å². The first-order valence-corrected chi connectivity index (χ1v) is 13.2. The van der Waals surface area contributed by atoms with Gasteiger partial charge in [0.05, 0.1) is 16.8 Å². The van der Waals surface area contributed by atoms with Crippen molar-refractivity contribution in [2.75, 3.05) is 37.6 Å². The zero-order valence-corrected chi connectivity index (χ0v) is 22.0. The Kier molecular flexibility index (Phi) is 8.04. The SMILES string of the molecule is O=c1c(-c2ccccc2)cc(-c2ccc(Cl)cc2)nn1CCCN1CCN(c2cccc(C(F)(F)F)c2)CC1. The second-order valence-corrected chi connectivity index (χ2v) is 10.0. The third-order valence-electron chi connectivity index (χ3n) is 6.95. The van der Waals surface area contributed by atoms with Gasteiger partial charge in [-0.3, -0.25) is 9.69 Å². The third kappa shape index (κ3) is 6.52. The molecular formula is C30H28ClF3N4O. The summed E-state index contributed by atoms with van der Waals surface area (Å²) >= 11 is 6.07. The Morgan fingerprint density at radius 1 is 0.795 bits per heavy atom. The van der Waals surface area contributed by atoms with E-state index in [0.717, 1.165) is 43.2 Å². The second kappa shape index (κ2) is 11.6. The van der Waals surface area contributed by atoms with Crippen molar-refractivity contribution in [1.82, 2.24) is 14.7 Å². The Morgan fingerprint density at radius 2 is 1.51 bits per heavy atom. The fourth-order valence-corrected chi connectivity index (χ4v) is 4.96. The molecule has 3 aromatic carbocycles. The van der Waals surface area contributed by atoms with Gasteiger partial charge in [-0.2, -0.15) is 18.3 Å². The molecule has 39 heavy (non-hydrogen) atoms. The minimum absolute atomic E-state index is 0.145. The van der Waals surface area contributed by atoms with Gasteiger partial charge in [0.25, 0.3) is 5.56 Å². The molecule has 4 aromatic rings. The van der Waals surface area contributed by atoms with Crippen LogP contribution in [0.5, 0.6) is 0 Å². The van der Waals surface area contributed by atoms with E-state index in [1.165, 1.54) is 16.8 Å². The smallest absolute Gasteiger partial charge is 0.369 e. The van der Waals surface area contributed by atoms with Crippen molar-refractivity contribution in [2.45, 2.75) is 19.1 Å². The van der Waals surface area contributed by atoms with E-state index in [4.69, 9.17) is 11.6 Å². The van der Waals surface area contributed by atoms with Crippen LogP contribution in [-0.4, -0.2) is 47.4 Å². The number of aromatic nitrogens is 2. The van der Waals surface area contributed by atoms with Gasteiger partial charge in [0.1, 0.15) is 0 Å². The van der Waals surface area contributed by atoms with E-state index >= 15 is 0 Å². The maximum absolute atomic E-state index is 13.4. The van der Waals surface area contributed by atoms with Gasteiger partial charge in [-0.25, -0.2) is 4.68 Å². The summed E-state index contributed by atoms with van der Waals surface area (Å²) in [5, 5.41) is 5.29. The first-order chi connectivity index (χ1) is 18.8. The molecule has 1 aromatic heterocycles. The van der Waals surface area contributed by atoms with E-state index in [2.05, 4.69) is 10.00 Å². The Balaban J connectivity index is 1.26. The number of rotatable bonds is 7. The molecule has 0 spiro atoms. The van der Waals surface area contributed by atoms with E-state index in [9.17, 15) is 18.0 Å². The summed E-state index contributed by atoms with van der Waals surface area (Å²) in [5.74, 6) is 0. The normalized spacial score (nSPS) is 14.5. The molecule has 5 rings (SSSR count). The average Bonchev–Trinajstić information content (AvgIpc) is 2.95. The molecule has 5 nitrogen and oxygen atoms in total. The van der Waals surface area contributed by atoms with Gasteiger partial charge in [-0.15, -0.1) is 0 Å². The number of alkyl halides is 3. The molecule has 1 fully saturated rings. The highest BCUT2D eigenvalue weighted by molar-refractivity contribution is 6.30. The number of halogens is 4. The molecule has 0 radical (unpaired) electrons. The number of hydrogen-bond acceptors (Lipinski definition) is 4. The van der Waals surface area contributed by atoms with E-state index in [-0.39, 0.29) is 5.56 Å². The number of benzene rings is 3. The van der Waals surface area contributed by atoms with Crippen LogP contribution in [0.3, 0.4) is 0 Å². The van der Waals surface area contributed by atoms with E-state index < -0.39 is 11.7 Å². The van der Waals surface area contributed by atoms with Crippen molar-refractivity contribution in [2.24, 2.45) is 0 Å². The minimum atomic E-state index is -4.35. The lowest BCUT2D eigenvalue weighted by molar-refractivity contribution is -0.137. The Labute approximate surface area is 230 Å². The van der Waals surface area contributed by atoms with Crippen LogP contribution in [-0.2, 0) is 12.7 Å². The summed E-state index contributed by atoms with van der Waals surface area (Å²) in [5.41, 5.74) is 2.80. The van der Waals surface area contributed by atoms with E-state index in [1.54, 1.807) is 18.2 Å². The molecule has 9 heteroatoms. The molecule has 202 valence electrons. The van der Waals surface area contributed by atoms with Gasteiger partial charge in [-0.1, -0.05) is 60.1 Å². The van der Waals surface area contributed by atoms with E-state index in [1.807, 2.05) is 53.4 Å². The van der Waals surface area contributed by atoms with Crippen molar-refractivity contribution in [3.63, 3.8) is 0 Å². The molecule has 1 saturated heterocycles. The molecule has 0 amide bonds. The maximum atomic E-state index is 13.4. The predicted molar refractivity (Wildman–Crippen MR) is 149 cm³/mol. The predicted octanol–water partition coefficient (Wildman–Crippen LogP) is 6.46. The number of nitrogens with zero attached hydrogens (tertiary/aromatic N) is 4. The van der Waals surface area contributed by atoms with E-state index in [0.29, 0.717) is 41.6 Å². The largest absolute Gasteiger partial charge is 0.416 e. The van der Waals surface area contributed by atoms with Crippen LogP contribution in [0.1, 0.15) is 12.0 Å². The molecule has 1 aliphatic rings. The van der Waals surface area contributed by atoms with Crippen molar-refractivity contribution in [3.05, 3.63) is 106 Å². The molecule has 1 aliphatic heterocycles. The summed E-state index contributed by atoms with van der Waals surface area (Å²) in [6.45, 7) is 3.97. The molecule has 0 N–H and O–H groups in total. The summed E-state index contributed by atoms with van der Waals surface area (Å²) in [6.07, 6.45) is -3.63. The maximum Gasteiger partial charge on any atom is 0.416 e. The number of piperazine rings is 1. The Morgan fingerprint density at radius 3 is 2.21 bits per heavy atom. The van der Waals surface area contributed by atoms with Crippen LogP contribution in [0.2, 0.25) is 5.02 Å². The van der Waals surface area contributed by atoms with Crippen molar-refractivity contribution in [3.8, 4) is 22.4 Å². The topological polar surface area (TPSA) is 41.4 Å². The monoisotopic (exact) mass is 552 g/mol. The number of anilines is 1. The summed E-state index contributed by atoms with van der Waals surface area (Å²) in [7, 11) is 0. The number of hydrogen-bond donors (Lipinski definition) is 0. The fourth-order valence-electron chi connectivity index (χ4n) is 4.83. The molecule has 0 bridgehead atoms. The zero-order chi connectivity index (χ0) is 27.4. The minimum Gasteiger partial charge on any atom is -0.369 e.